The Morgan fingerprint density at radius 3 is 2.46 bits per heavy atom. The van der Waals surface area contributed by atoms with Crippen molar-refractivity contribution in [2.45, 2.75) is 52.4 Å². The maximum absolute atomic E-state index is 5.55. The van der Waals surface area contributed by atoms with E-state index >= 15 is 0 Å². The van der Waals surface area contributed by atoms with E-state index in [1.807, 2.05) is 18.2 Å². The molecule has 0 saturated carbocycles. The standard InChI is InChI=1S/C23H28S/c1-3-5-6-8-13-22-18-19(4-2)14-15-20(22)16-17-23(24)21-11-9-7-10-12-21/h7,9-12,14-18H,3-6,8,13H2,1-2H3. The first-order chi connectivity index (χ1) is 11.7. The highest BCUT2D eigenvalue weighted by Crippen LogP contribution is 2.18. The molecule has 1 heteroatoms. The van der Waals surface area contributed by atoms with Crippen LogP contribution in [0.15, 0.2) is 54.6 Å². The van der Waals surface area contributed by atoms with Gasteiger partial charge in [0.25, 0.3) is 0 Å². The van der Waals surface area contributed by atoms with E-state index in [1.165, 1.54) is 42.4 Å². The lowest BCUT2D eigenvalue weighted by atomic mass is 9.97. The molecule has 0 saturated heterocycles. The predicted molar refractivity (Wildman–Crippen MR) is 111 cm³/mol. The van der Waals surface area contributed by atoms with Crippen molar-refractivity contribution in [3.05, 3.63) is 76.9 Å². The summed E-state index contributed by atoms with van der Waals surface area (Å²) >= 11 is 5.55. The minimum Gasteiger partial charge on any atom is -0.0795 e. The van der Waals surface area contributed by atoms with Crippen LogP contribution in [0.4, 0.5) is 0 Å². The zero-order chi connectivity index (χ0) is 17.2. The van der Waals surface area contributed by atoms with E-state index in [0.29, 0.717) is 0 Å². The average Bonchev–Trinajstić information content (AvgIpc) is 2.64. The first-order valence-electron chi connectivity index (χ1n) is 9.13. The predicted octanol–water partition coefficient (Wildman–Crippen LogP) is 6.80. The lowest BCUT2D eigenvalue weighted by Gasteiger charge is -2.09. The molecular formula is C23H28S. The topological polar surface area (TPSA) is 0 Å². The summed E-state index contributed by atoms with van der Waals surface area (Å²) in [5.74, 6) is 0. The van der Waals surface area contributed by atoms with Gasteiger partial charge in [0.1, 0.15) is 0 Å². The molecule has 0 radical (unpaired) electrons. The molecule has 0 N–H and O–H groups in total. The molecule has 126 valence electrons. The zero-order valence-corrected chi connectivity index (χ0v) is 15.7. The summed E-state index contributed by atoms with van der Waals surface area (Å²) in [6.07, 6.45) is 11.7. The van der Waals surface area contributed by atoms with Crippen molar-refractivity contribution in [3.63, 3.8) is 0 Å². The highest BCUT2D eigenvalue weighted by Gasteiger charge is 2.03. The summed E-state index contributed by atoms with van der Waals surface area (Å²) in [6.45, 7) is 4.48. The van der Waals surface area contributed by atoms with Crippen molar-refractivity contribution < 1.29 is 0 Å². The van der Waals surface area contributed by atoms with E-state index in [2.05, 4.69) is 56.3 Å². The fraction of sp³-hybridized carbons (Fsp3) is 0.348. The Morgan fingerprint density at radius 1 is 0.958 bits per heavy atom. The van der Waals surface area contributed by atoms with Gasteiger partial charge in [-0.25, -0.2) is 0 Å². The Kier molecular flexibility index (Phi) is 7.91. The summed E-state index contributed by atoms with van der Waals surface area (Å²) < 4.78 is 0. The summed E-state index contributed by atoms with van der Waals surface area (Å²) in [4.78, 5) is 0.895. The fourth-order valence-electron chi connectivity index (χ4n) is 2.86. The monoisotopic (exact) mass is 336 g/mol. The Morgan fingerprint density at radius 2 is 1.75 bits per heavy atom. The molecule has 0 unspecified atom stereocenters. The maximum Gasteiger partial charge on any atom is 0.0449 e. The Labute approximate surface area is 152 Å². The molecule has 0 aliphatic heterocycles. The molecule has 0 atom stereocenters. The second-order valence-corrected chi connectivity index (χ2v) is 6.70. The van der Waals surface area contributed by atoms with Gasteiger partial charge in [0.2, 0.25) is 0 Å². The first kappa shape index (κ1) is 18.6. The van der Waals surface area contributed by atoms with Crippen molar-refractivity contribution >= 4 is 23.2 Å². The van der Waals surface area contributed by atoms with Crippen LogP contribution in [-0.2, 0) is 12.8 Å². The van der Waals surface area contributed by atoms with Crippen molar-refractivity contribution in [1.82, 2.24) is 0 Å². The van der Waals surface area contributed by atoms with E-state index in [-0.39, 0.29) is 0 Å². The average molecular weight is 337 g/mol. The van der Waals surface area contributed by atoms with Gasteiger partial charge in [0, 0.05) is 4.86 Å². The number of rotatable bonds is 9. The SMILES string of the molecule is CCCCCCc1cc(CC)ccc1C=CC(=S)c1ccccc1. The molecule has 0 aromatic heterocycles. The molecule has 0 spiro atoms. The van der Waals surface area contributed by atoms with Gasteiger partial charge >= 0.3 is 0 Å². The Balaban J connectivity index is 2.12. The summed E-state index contributed by atoms with van der Waals surface area (Å²) in [5.41, 5.74) is 5.29. The van der Waals surface area contributed by atoms with Gasteiger partial charge < -0.3 is 0 Å². The quantitative estimate of drug-likeness (QED) is 0.210. The highest BCUT2D eigenvalue weighted by atomic mass is 32.1. The van der Waals surface area contributed by atoms with Crippen LogP contribution < -0.4 is 0 Å². The molecule has 24 heavy (non-hydrogen) atoms. The second kappa shape index (κ2) is 10.2. The number of thiocarbonyl (C=S) groups is 1. The van der Waals surface area contributed by atoms with Gasteiger partial charge in [-0.2, -0.15) is 0 Å². The first-order valence-corrected chi connectivity index (χ1v) is 9.54. The summed E-state index contributed by atoms with van der Waals surface area (Å²) in [6, 6.07) is 17.1. The molecule has 0 fully saturated rings. The van der Waals surface area contributed by atoms with Gasteiger partial charge in [-0.3, -0.25) is 0 Å². The van der Waals surface area contributed by atoms with Crippen LogP contribution in [0.25, 0.3) is 6.08 Å². The molecule has 2 aromatic carbocycles. The minimum atomic E-state index is 0.895. The maximum atomic E-state index is 5.55. The molecule has 0 amide bonds. The van der Waals surface area contributed by atoms with Crippen LogP contribution in [-0.4, -0.2) is 4.86 Å². The third-order valence-electron chi connectivity index (χ3n) is 4.39. The molecule has 0 aliphatic carbocycles. The molecule has 0 heterocycles. The van der Waals surface area contributed by atoms with Crippen LogP contribution in [0.3, 0.4) is 0 Å². The third kappa shape index (κ3) is 5.72. The number of unbranched alkanes of at least 4 members (excludes halogenated alkanes) is 3. The normalized spacial score (nSPS) is 11.1. The minimum absolute atomic E-state index is 0.895. The van der Waals surface area contributed by atoms with Gasteiger partial charge in [0.15, 0.2) is 0 Å². The number of hydrogen-bond donors (Lipinski definition) is 0. The molecule has 2 aromatic rings. The van der Waals surface area contributed by atoms with Crippen LogP contribution >= 0.6 is 12.2 Å². The van der Waals surface area contributed by atoms with Crippen LogP contribution in [0.1, 0.15) is 61.8 Å². The lowest BCUT2D eigenvalue weighted by Crippen LogP contribution is -1.95. The molecular weight excluding hydrogens is 308 g/mol. The van der Waals surface area contributed by atoms with Gasteiger partial charge in [0.05, 0.1) is 0 Å². The molecule has 2 rings (SSSR count). The highest BCUT2D eigenvalue weighted by molar-refractivity contribution is 7.81. The van der Waals surface area contributed by atoms with E-state index in [9.17, 15) is 0 Å². The largest absolute Gasteiger partial charge is 0.0795 e. The molecule has 0 aliphatic rings. The van der Waals surface area contributed by atoms with Crippen LogP contribution in [0, 0.1) is 0 Å². The number of benzene rings is 2. The Bertz CT molecular complexity index is 668. The van der Waals surface area contributed by atoms with Gasteiger partial charge in [-0.05, 0) is 47.6 Å². The van der Waals surface area contributed by atoms with Gasteiger partial charge in [-0.1, -0.05) is 99.9 Å². The molecule has 0 bridgehead atoms. The van der Waals surface area contributed by atoms with E-state index in [0.717, 1.165) is 23.3 Å². The number of hydrogen-bond acceptors (Lipinski definition) is 1. The van der Waals surface area contributed by atoms with Gasteiger partial charge in [-0.15, -0.1) is 0 Å². The zero-order valence-electron chi connectivity index (χ0n) is 14.9. The smallest absolute Gasteiger partial charge is 0.0449 e. The van der Waals surface area contributed by atoms with E-state index in [4.69, 9.17) is 12.2 Å². The third-order valence-corrected chi connectivity index (χ3v) is 4.76. The number of aryl methyl sites for hydroxylation is 2. The second-order valence-electron chi connectivity index (χ2n) is 6.26. The van der Waals surface area contributed by atoms with Crippen molar-refractivity contribution in [3.8, 4) is 0 Å². The Hall–Kier alpha value is -1.73. The van der Waals surface area contributed by atoms with Crippen LogP contribution in [0.2, 0.25) is 0 Å². The van der Waals surface area contributed by atoms with Crippen LogP contribution in [0.5, 0.6) is 0 Å². The van der Waals surface area contributed by atoms with Crippen molar-refractivity contribution in [2.24, 2.45) is 0 Å². The number of allylic oxidation sites excluding steroid dienone is 1. The lowest BCUT2D eigenvalue weighted by molar-refractivity contribution is 0.666. The summed E-state index contributed by atoms with van der Waals surface area (Å²) in [5, 5.41) is 0. The van der Waals surface area contributed by atoms with Crippen molar-refractivity contribution in [2.75, 3.05) is 0 Å². The fourth-order valence-corrected chi connectivity index (χ4v) is 3.07. The van der Waals surface area contributed by atoms with E-state index in [1.54, 1.807) is 0 Å². The van der Waals surface area contributed by atoms with Crippen molar-refractivity contribution in [1.29, 1.82) is 0 Å². The molecule has 0 nitrogen and oxygen atoms in total. The summed E-state index contributed by atoms with van der Waals surface area (Å²) in [7, 11) is 0. The van der Waals surface area contributed by atoms with E-state index < -0.39 is 0 Å².